The fraction of sp³-hybridized carbons (Fsp3) is 0.250. The van der Waals surface area contributed by atoms with E-state index in [1.54, 1.807) is 0 Å². The molecule has 0 atom stereocenters. The lowest BCUT2D eigenvalue weighted by molar-refractivity contribution is 1.37. The topological polar surface area (TPSA) is 28.1 Å². The smallest absolute Gasteiger partial charge is 0.0558 e. The summed E-state index contributed by atoms with van der Waals surface area (Å²) in [4.78, 5) is 3.09. The SMILES string of the molecule is Cc1cc(C)cc([N+]#N)c1. The first-order valence-electron chi connectivity index (χ1n) is 3.16. The normalized spacial score (nSPS) is 8.90. The predicted molar refractivity (Wildman–Crippen MR) is 40.7 cm³/mol. The minimum Gasteiger partial charge on any atom is -0.0558 e. The summed E-state index contributed by atoms with van der Waals surface area (Å²) in [5, 5.41) is 8.41. The van der Waals surface area contributed by atoms with Gasteiger partial charge in [0, 0.05) is 12.1 Å². The Morgan fingerprint density at radius 2 is 1.60 bits per heavy atom. The Labute approximate surface area is 60.1 Å². The number of aryl methyl sites for hydroxylation is 2. The number of rotatable bonds is 0. The molecule has 0 radical (unpaired) electrons. The van der Waals surface area contributed by atoms with Gasteiger partial charge in [-0.25, -0.2) is 0 Å². The van der Waals surface area contributed by atoms with Gasteiger partial charge < -0.3 is 0 Å². The number of hydrogen-bond donors (Lipinski definition) is 0. The monoisotopic (exact) mass is 133 g/mol. The average Bonchev–Trinajstić information content (AvgIpc) is 1.85. The van der Waals surface area contributed by atoms with Gasteiger partial charge in [-0.05, 0) is 25.0 Å². The van der Waals surface area contributed by atoms with Crippen LogP contribution in [0.2, 0.25) is 0 Å². The molecule has 0 bridgehead atoms. The van der Waals surface area contributed by atoms with Crippen LogP contribution < -0.4 is 0 Å². The summed E-state index contributed by atoms with van der Waals surface area (Å²) in [6.45, 7) is 3.95. The van der Waals surface area contributed by atoms with Gasteiger partial charge in [-0.3, -0.25) is 0 Å². The van der Waals surface area contributed by atoms with E-state index in [0.29, 0.717) is 5.69 Å². The van der Waals surface area contributed by atoms with Crippen molar-refractivity contribution in [2.45, 2.75) is 13.8 Å². The first kappa shape index (κ1) is 6.76. The van der Waals surface area contributed by atoms with Crippen LogP contribution in [0, 0.1) is 19.2 Å². The quantitative estimate of drug-likeness (QED) is 0.500. The van der Waals surface area contributed by atoms with Crippen molar-refractivity contribution in [1.82, 2.24) is 0 Å². The maximum Gasteiger partial charge on any atom is 0.385 e. The highest BCUT2D eigenvalue weighted by atomic mass is 14.8. The molecule has 0 aliphatic heterocycles. The molecule has 0 heterocycles. The number of hydrogen-bond acceptors (Lipinski definition) is 1. The predicted octanol–water partition coefficient (Wildman–Crippen LogP) is 2.79. The molecule has 0 amide bonds. The van der Waals surface area contributed by atoms with Crippen LogP contribution in [-0.2, 0) is 0 Å². The first-order valence-corrected chi connectivity index (χ1v) is 3.16. The molecule has 1 rings (SSSR count). The molecule has 2 heteroatoms. The lowest BCUT2D eigenvalue weighted by Gasteiger charge is -1.89. The summed E-state index contributed by atoms with van der Waals surface area (Å²) in [7, 11) is 0. The third kappa shape index (κ3) is 1.32. The third-order valence-corrected chi connectivity index (χ3v) is 1.32. The van der Waals surface area contributed by atoms with E-state index in [1.165, 1.54) is 0 Å². The fourth-order valence-corrected chi connectivity index (χ4v) is 1.01. The molecule has 0 saturated heterocycles. The maximum absolute atomic E-state index is 8.41. The van der Waals surface area contributed by atoms with E-state index in [1.807, 2.05) is 32.0 Å². The van der Waals surface area contributed by atoms with Crippen LogP contribution in [0.4, 0.5) is 5.69 Å². The molecular formula is C8H9N2+. The van der Waals surface area contributed by atoms with Gasteiger partial charge in [0.25, 0.3) is 0 Å². The minimum atomic E-state index is 0.623. The van der Waals surface area contributed by atoms with Gasteiger partial charge in [0.05, 0.1) is 0 Å². The van der Waals surface area contributed by atoms with E-state index in [0.717, 1.165) is 11.1 Å². The molecule has 0 aromatic heterocycles. The molecule has 1 aromatic rings. The van der Waals surface area contributed by atoms with E-state index < -0.39 is 0 Å². The Morgan fingerprint density at radius 3 is 2.00 bits per heavy atom. The van der Waals surface area contributed by atoms with Crippen LogP contribution in [0.25, 0.3) is 4.98 Å². The standard InChI is InChI=1S/C8H9N2/c1-6-3-7(2)5-8(4-6)10-9/h3-5H,1-2H3/q+1. The average molecular weight is 133 g/mol. The minimum absolute atomic E-state index is 0.623. The highest BCUT2D eigenvalue weighted by molar-refractivity contribution is 5.48. The summed E-state index contributed by atoms with van der Waals surface area (Å²) < 4.78 is 0. The van der Waals surface area contributed by atoms with Crippen LogP contribution >= 0.6 is 0 Å². The molecule has 0 saturated carbocycles. The molecule has 0 aliphatic rings. The van der Waals surface area contributed by atoms with Gasteiger partial charge in [-0.1, -0.05) is 6.07 Å². The van der Waals surface area contributed by atoms with Crippen molar-refractivity contribution >= 4 is 5.69 Å². The molecule has 0 fully saturated rings. The van der Waals surface area contributed by atoms with Crippen molar-refractivity contribution in [3.63, 3.8) is 0 Å². The zero-order valence-electron chi connectivity index (χ0n) is 6.13. The Bertz CT molecular complexity index is 264. The Morgan fingerprint density at radius 1 is 1.10 bits per heavy atom. The van der Waals surface area contributed by atoms with Crippen molar-refractivity contribution in [1.29, 1.82) is 5.39 Å². The van der Waals surface area contributed by atoms with Crippen LogP contribution in [0.15, 0.2) is 18.2 Å². The molecule has 0 N–H and O–H groups in total. The van der Waals surface area contributed by atoms with Crippen LogP contribution in [0.1, 0.15) is 11.1 Å². The third-order valence-electron chi connectivity index (χ3n) is 1.32. The van der Waals surface area contributed by atoms with Gasteiger partial charge in [0.2, 0.25) is 5.39 Å². The summed E-state index contributed by atoms with van der Waals surface area (Å²) in [5.74, 6) is 0. The van der Waals surface area contributed by atoms with Crippen molar-refractivity contribution in [3.05, 3.63) is 34.3 Å². The summed E-state index contributed by atoms with van der Waals surface area (Å²) in [6, 6.07) is 5.69. The second-order valence-corrected chi connectivity index (χ2v) is 2.45. The van der Waals surface area contributed by atoms with Crippen molar-refractivity contribution in [2.24, 2.45) is 0 Å². The summed E-state index contributed by atoms with van der Waals surface area (Å²) in [6.07, 6.45) is 0. The number of benzene rings is 1. The first-order chi connectivity index (χ1) is 4.72. The lowest BCUT2D eigenvalue weighted by atomic mass is 10.1. The number of nitrogens with zero attached hydrogens (tertiary/aromatic N) is 2. The second-order valence-electron chi connectivity index (χ2n) is 2.45. The number of diazo groups is 1. The van der Waals surface area contributed by atoms with Gasteiger partial charge in [-0.2, -0.15) is 0 Å². The van der Waals surface area contributed by atoms with Crippen molar-refractivity contribution in [3.8, 4) is 0 Å². The van der Waals surface area contributed by atoms with Gasteiger partial charge in [-0.15, -0.1) is 0 Å². The Balaban J connectivity index is 3.22. The molecule has 0 spiro atoms. The molecule has 0 unspecified atom stereocenters. The lowest BCUT2D eigenvalue weighted by Crippen LogP contribution is -1.73. The summed E-state index contributed by atoms with van der Waals surface area (Å²) >= 11 is 0. The molecule has 50 valence electrons. The van der Waals surface area contributed by atoms with Crippen molar-refractivity contribution in [2.75, 3.05) is 0 Å². The second kappa shape index (κ2) is 2.49. The van der Waals surface area contributed by atoms with E-state index in [-0.39, 0.29) is 0 Å². The molecule has 2 nitrogen and oxygen atoms in total. The molecule has 10 heavy (non-hydrogen) atoms. The van der Waals surface area contributed by atoms with E-state index >= 15 is 0 Å². The summed E-state index contributed by atoms with van der Waals surface area (Å²) in [5.41, 5.74) is 2.86. The highest BCUT2D eigenvalue weighted by Crippen LogP contribution is 2.15. The van der Waals surface area contributed by atoms with Crippen molar-refractivity contribution < 1.29 is 0 Å². The highest BCUT2D eigenvalue weighted by Gasteiger charge is 2.03. The van der Waals surface area contributed by atoms with Crippen LogP contribution in [-0.4, -0.2) is 0 Å². The molecular weight excluding hydrogens is 124 g/mol. The van der Waals surface area contributed by atoms with E-state index in [4.69, 9.17) is 5.39 Å². The van der Waals surface area contributed by atoms with Gasteiger partial charge in [0.15, 0.2) is 4.98 Å². The molecule has 1 aromatic carbocycles. The van der Waals surface area contributed by atoms with Crippen LogP contribution in [0.5, 0.6) is 0 Å². The zero-order valence-corrected chi connectivity index (χ0v) is 6.13. The molecule has 0 aliphatic carbocycles. The van der Waals surface area contributed by atoms with Crippen LogP contribution in [0.3, 0.4) is 0 Å². The van der Waals surface area contributed by atoms with Gasteiger partial charge in [0.1, 0.15) is 0 Å². The Kier molecular flexibility index (Phi) is 1.68. The Hall–Kier alpha value is -1.36. The maximum atomic E-state index is 8.41. The van der Waals surface area contributed by atoms with E-state index in [9.17, 15) is 0 Å². The van der Waals surface area contributed by atoms with Gasteiger partial charge >= 0.3 is 5.69 Å². The van der Waals surface area contributed by atoms with E-state index in [2.05, 4.69) is 4.98 Å². The zero-order chi connectivity index (χ0) is 7.56. The largest absolute Gasteiger partial charge is 0.385 e. The fourth-order valence-electron chi connectivity index (χ4n) is 1.01.